The summed E-state index contributed by atoms with van der Waals surface area (Å²) in [5.74, 6) is 0.315. The van der Waals surface area contributed by atoms with Gasteiger partial charge < -0.3 is 15.1 Å². The molecule has 0 radical (unpaired) electrons. The lowest BCUT2D eigenvalue weighted by molar-refractivity contribution is 0.0913. The van der Waals surface area contributed by atoms with Crippen LogP contribution in [0.3, 0.4) is 0 Å². The van der Waals surface area contributed by atoms with E-state index in [1.807, 2.05) is 0 Å². The third-order valence-electron chi connectivity index (χ3n) is 3.35. The van der Waals surface area contributed by atoms with E-state index >= 15 is 0 Å². The van der Waals surface area contributed by atoms with Gasteiger partial charge >= 0.3 is 0 Å². The van der Waals surface area contributed by atoms with Crippen LogP contribution in [-0.2, 0) is 0 Å². The molecule has 6 heteroatoms. The molecule has 0 saturated carbocycles. The number of nitrogens with one attached hydrogen (secondary N) is 2. The molecule has 2 N–H and O–H groups in total. The largest absolute Gasteiger partial charge is 0.451 e. The highest BCUT2D eigenvalue weighted by atomic mass is 35.5. The number of carbonyl (C=O) groups is 1. The summed E-state index contributed by atoms with van der Waals surface area (Å²) in [6.07, 6.45) is 0.928. The van der Waals surface area contributed by atoms with E-state index in [1.54, 1.807) is 24.3 Å². The lowest BCUT2D eigenvalue weighted by atomic mass is 10.2. The van der Waals surface area contributed by atoms with Crippen LogP contribution in [0.15, 0.2) is 40.8 Å². The minimum atomic E-state index is -0.299. The average Bonchev–Trinajstić information content (AvgIpc) is 3.10. The van der Waals surface area contributed by atoms with E-state index in [4.69, 9.17) is 4.42 Å². The predicted octanol–water partition coefficient (Wildman–Crippen LogP) is 2.60. The number of furan rings is 1. The molecule has 4 nitrogen and oxygen atoms in total. The second kappa shape index (κ2) is 6.74. The minimum absolute atomic E-state index is 0. The van der Waals surface area contributed by atoms with Gasteiger partial charge in [-0.2, -0.15) is 0 Å². The fraction of sp³-hybridized carbons (Fsp3) is 0.267. The summed E-state index contributed by atoms with van der Waals surface area (Å²) >= 11 is 0. The van der Waals surface area contributed by atoms with Gasteiger partial charge in [0.15, 0.2) is 5.76 Å². The Morgan fingerprint density at radius 2 is 2.00 bits per heavy atom. The molecular formula is C15H16ClFN2O2. The van der Waals surface area contributed by atoms with E-state index in [2.05, 4.69) is 10.6 Å². The smallest absolute Gasteiger partial charge is 0.287 e. The van der Waals surface area contributed by atoms with Gasteiger partial charge in [0.1, 0.15) is 11.6 Å². The summed E-state index contributed by atoms with van der Waals surface area (Å²) in [5, 5.41) is 6.10. The van der Waals surface area contributed by atoms with Crippen molar-refractivity contribution in [3.63, 3.8) is 0 Å². The van der Waals surface area contributed by atoms with Crippen molar-refractivity contribution in [2.24, 2.45) is 0 Å². The first-order chi connectivity index (χ1) is 9.72. The third-order valence-corrected chi connectivity index (χ3v) is 3.35. The van der Waals surface area contributed by atoms with Crippen molar-refractivity contribution < 1.29 is 13.6 Å². The van der Waals surface area contributed by atoms with Gasteiger partial charge in [0.2, 0.25) is 0 Å². The van der Waals surface area contributed by atoms with Crippen LogP contribution in [0.5, 0.6) is 0 Å². The summed E-state index contributed by atoms with van der Waals surface area (Å²) in [6.45, 7) is 1.71. The standard InChI is InChI=1S/C15H15FN2O2.ClH/c16-11-3-1-10(2-4-11)13-5-6-14(20-13)15(19)18-12-7-8-17-9-12;/h1-6,12,17H,7-9H2,(H,18,19);1H. The van der Waals surface area contributed by atoms with E-state index in [1.165, 1.54) is 12.1 Å². The van der Waals surface area contributed by atoms with Crippen LogP contribution in [-0.4, -0.2) is 25.0 Å². The Morgan fingerprint density at radius 3 is 2.67 bits per heavy atom. The van der Waals surface area contributed by atoms with Crippen molar-refractivity contribution in [3.05, 3.63) is 48.0 Å². The topological polar surface area (TPSA) is 54.3 Å². The Morgan fingerprint density at radius 1 is 1.24 bits per heavy atom. The number of amides is 1. The maximum absolute atomic E-state index is 12.9. The van der Waals surface area contributed by atoms with Crippen molar-refractivity contribution in [2.75, 3.05) is 13.1 Å². The zero-order chi connectivity index (χ0) is 13.9. The molecule has 1 aliphatic rings. The van der Waals surface area contributed by atoms with Crippen LogP contribution >= 0.6 is 12.4 Å². The van der Waals surface area contributed by atoms with Gasteiger partial charge in [-0.05, 0) is 49.4 Å². The van der Waals surface area contributed by atoms with Gasteiger partial charge in [-0.15, -0.1) is 12.4 Å². The summed E-state index contributed by atoms with van der Waals surface area (Å²) < 4.78 is 18.4. The van der Waals surface area contributed by atoms with Gasteiger partial charge in [0, 0.05) is 18.2 Å². The van der Waals surface area contributed by atoms with Crippen molar-refractivity contribution in [2.45, 2.75) is 12.5 Å². The van der Waals surface area contributed by atoms with Crippen LogP contribution in [0.1, 0.15) is 17.0 Å². The molecule has 0 bridgehead atoms. The zero-order valence-electron chi connectivity index (χ0n) is 11.3. The average molecular weight is 311 g/mol. The maximum atomic E-state index is 12.9. The van der Waals surface area contributed by atoms with E-state index < -0.39 is 0 Å². The lowest BCUT2D eigenvalue weighted by Gasteiger charge is -2.09. The van der Waals surface area contributed by atoms with Crippen molar-refractivity contribution in [1.29, 1.82) is 0 Å². The molecule has 2 aromatic rings. The van der Waals surface area contributed by atoms with Gasteiger partial charge in [-0.1, -0.05) is 0 Å². The van der Waals surface area contributed by atoms with Crippen LogP contribution in [0.2, 0.25) is 0 Å². The Labute approximate surface area is 128 Å². The summed E-state index contributed by atoms with van der Waals surface area (Å²) in [4.78, 5) is 12.0. The number of rotatable bonds is 3. The second-order valence-electron chi connectivity index (χ2n) is 4.83. The molecule has 1 unspecified atom stereocenters. The normalized spacial score (nSPS) is 17.3. The zero-order valence-corrected chi connectivity index (χ0v) is 12.1. The number of hydrogen-bond acceptors (Lipinski definition) is 3. The molecule has 1 aromatic heterocycles. The summed E-state index contributed by atoms with van der Waals surface area (Å²) in [7, 11) is 0. The molecule has 1 aliphatic heterocycles. The molecule has 1 aromatic carbocycles. The summed E-state index contributed by atoms with van der Waals surface area (Å²) in [6, 6.07) is 9.48. The SMILES string of the molecule is Cl.O=C(NC1CCNC1)c1ccc(-c2ccc(F)cc2)o1. The summed E-state index contributed by atoms with van der Waals surface area (Å²) in [5.41, 5.74) is 0.744. The molecule has 1 atom stereocenters. The van der Waals surface area contributed by atoms with Crippen molar-refractivity contribution in [1.82, 2.24) is 10.6 Å². The fourth-order valence-electron chi connectivity index (χ4n) is 2.26. The number of halogens is 2. The molecule has 21 heavy (non-hydrogen) atoms. The Bertz CT molecular complexity index is 606. The minimum Gasteiger partial charge on any atom is -0.451 e. The van der Waals surface area contributed by atoms with Crippen LogP contribution in [0.25, 0.3) is 11.3 Å². The Hall–Kier alpha value is -1.85. The predicted molar refractivity (Wildman–Crippen MR) is 80.1 cm³/mol. The molecule has 1 saturated heterocycles. The van der Waals surface area contributed by atoms with Gasteiger partial charge in [-0.3, -0.25) is 4.79 Å². The molecule has 3 rings (SSSR count). The first kappa shape index (κ1) is 15.5. The van der Waals surface area contributed by atoms with Crippen molar-refractivity contribution >= 4 is 18.3 Å². The van der Waals surface area contributed by atoms with Gasteiger partial charge in [-0.25, -0.2) is 4.39 Å². The van der Waals surface area contributed by atoms with E-state index in [9.17, 15) is 9.18 Å². The molecule has 1 fully saturated rings. The fourth-order valence-corrected chi connectivity index (χ4v) is 2.26. The first-order valence-corrected chi connectivity index (χ1v) is 6.60. The molecule has 112 valence electrons. The number of benzene rings is 1. The van der Waals surface area contributed by atoms with E-state index in [0.717, 1.165) is 25.1 Å². The Balaban J connectivity index is 0.00000161. The quantitative estimate of drug-likeness (QED) is 0.916. The highest BCUT2D eigenvalue weighted by Gasteiger charge is 2.19. The van der Waals surface area contributed by atoms with Crippen molar-refractivity contribution in [3.8, 4) is 11.3 Å². The van der Waals surface area contributed by atoms with Gasteiger partial charge in [0.05, 0.1) is 0 Å². The van der Waals surface area contributed by atoms with Crippen LogP contribution < -0.4 is 10.6 Å². The van der Waals surface area contributed by atoms with Crippen LogP contribution in [0.4, 0.5) is 4.39 Å². The lowest BCUT2D eigenvalue weighted by Crippen LogP contribution is -2.35. The van der Waals surface area contributed by atoms with E-state index in [0.29, 0.717) is 5.76 Å². The monoisotopic (exact) mass is 310 g/mol. The molecule has 0 spiro atoms. The third kappa shape index (κ3) is 3.62. The highest BCUT2D eigenvalue weighted by molar-refractivity contribution is 5.92. The molecular weight excluding hydrogens is 295 g/mol. The molecule has 0 aliphatic carbocycles. The maximum Gasteiger partial charge on any atom is 0.287 e. The van der Waals surface area contributed by atoms with Crippen LogP contribution in [0, 0.1) is 5.82 Å². The number of carbonyl (C=O) groups excluding carboxylic acids is 1. The van der Waals surface area contributed by atoms with E-state index in [-0.39, 0.29) is 35.9 Å². The second-order valence-corrected chi connectivity index (χ2v) is 4.83. The highest BCUT2D eigenvalue weighted by Crippen LogP contribution is 2.22. The molecule has 2 heterocycles. The molecule has 1 amide bonds. The number of hydrogen-bond donors (Lipinski definition) is 2. The Kier molecular flexibility index (Phi) is 4.98. The first-order valence-electron chi connectivity index (χ1n) is 6.60. The van der Waals surface area contributed by atoms with Gasteiger partial charge in [0.25, 0.3) is 5.91 Å².